The van der Waals surface area contributed by atoms with Crippen molar-refractivity contribution in [1.82, 2.24) is 4.90 Å². The second-order valence-electron chi connectivity index (χ2n) is 5.40. The molecule has 0 atom stereocenters. The number of amides is 1. The molecule has 0 unspecified atom stereocenters. The van der Waals surface area contributed by atoms with Crippen molar-refractivity contribution in [2.45, 2.75) is 31.7 Å². The highest BCUT2D eigenvalue weighted by Crippen LogP contribution is 2.20. The number of carbonyl (C=O) groups is 1. The molecule has 0 saturated heterocycles. The summed E-state index contributed by atoms with van der Waals surface area (Å²) in [5, 5.41) is 0. The second-order valence-corrected chi connectivity index (χ2v) is 7.38. The van der Waals surface area contributed by atoms with Gasteiger partial charge < -0.3 is 9.32 Å². The van der Waals surface area contributed by atoms with Crippen molar-refractivity contribution in [2.24, 2.45) is 0 Å². The van der Waals surface area contributed by atoms with Gasteiger partial charge in [0.1, 0.15) is 0 Å². The zero-order valence-corrected chi connectivity index (χ0v) is 14.4. The highest BCUT2D eigenvalue weighted by molar-refractivity contribution is 7.90. The summed E-state index contributed by atoms with van der Waals surface area (Å²) in [6, 6.07) is 6.69. The van der Waals surface area contributed by atoms with E-state index in [2.05, 4.69) is 0 Å². The van der Waals surface area contributed by atoms with Gasteiger partial charge in [-0.3, -0.25) is 4.79 Å². The molecule has 0 aliphatic rings. The van der Waals surface area contributed by atoms with Crippen molar-refractivity contribution in [3.05, 3.63) is 53.5 Å². The number of sulfone groups is 1. The SMILES string of the molecule is CCc1ccc(C(=O)N(CC)Cc2ccoc2)cc1S(C)(=O)=O. The van der Waals surface area contributed by atoms with Crippen LogP contribution in [0.2, 0.25) is 0 Å². The fourth-order valence-corrected chi connectivity index (χ4v) is 3.47. The Labute approximate surface area is 136 Å². The van der Waals surface area contributed by atoms with Crippen LogP contribution in [0.25, 0.3) is 0 Å². The number of rotatable bonds is 6. The Balaban J connectivity index is 2.34. The van der Waals surface area contributed by atoms with E-state index >= 15 is 0 Å². The van der Waals surface area contributed by atoms with E-state index in [1.807, 2.05) is 13.8 Å². The van der Waals surface area contributed by atoms with E-state index in [0.29, 0.717) is 25.1 Å². The van der Waals surface area contributed by atoms with Crippen LogP contribution in [-0.2, 0) is 22.8 Å². The number of carbonyl (C=O) groups excluding carboxylic acids is 1. The molecule has 2 aromatic rings. The van der Waals surface area contributed by atoms with E-state index in [-0.39, 0.29) is 10.8 Å². The van der Waals surface area contributed by atoms with Crippen molar-refractivity contribution in [1.29, 1.82) is 0 Å². The summed E-state index contributed by atoms with van der Waals surface area (Å²) in [5.74, 6) is -0.193. The zero-order valence-electron chi connectivity index (χ0n) is 13.6. The van der Waals surface area contributed by atoms with Gasteiger partial charge in [-0.1, -0.05) is 13.0 Å². The van der Waals surface area contributed by atoms with Crippen molar-refractivity contribution in [2.75, 3.05) is 12.8 Å². The maximum atomic E-state index is 12.7. The summed E-state index contributed by atoms with van der Waals surface area (Å²) in [5.41, 5.74) is 2.00. The Morgan fingerprint density at radius 2 is 1.96 bits per heavy atom. The standard InChI is InChI=1S/C17H21NO4S/c1-4-14-6-7-15(10-16(14)23(3,20)21)17(19)18(5-2)11-13-8-9-22-12-13/h6-10,12H,4-5,11H2,1-3H3. The van der Waals surface area contributed by atoms with E-state index < -0.39 is 9.84 Å². The van der Waals surface area contributed by atoms with Crippen LogP contribution in [-0.4, -0.2) is 32.0 Å². The minimum atomic E-state index is -3.37. The molecule has 0 radical (unpaired) electrons. The zero-order chi connectivity index (χ0) is 17.0. The summed E-state index contributed by atoms with van der Waals surface area (Å²) < 4.78 is 28.9. The third-order valence-corrected chi connectivity index (χ3v) is 4.90. The van der Waals surface area contributed by atoms with Crippen LogP contribution in [0.1, 0.15) is 35.3 Å². The minimum absolute atomic E-state index is 0.193. The van der Waals surface area contributed by atoms with Crippen LogP contribution in [0.15, 0.2) is 46.1 Å². The van der Waals surface area contributed by atoms with Gasteiger partial charge in [0, 0.05) is 30.5 Å². The second kappa shape index (κ2) is 7.00. The number of hydrogen-bond acceptors (Lipinski definition) is 4. The van der Waals surface area contributed by atoms with Crippen LogP contribution in [0.3, 0.4) is 0 Å². The molecule has 1 aromatic heterocycles. The number of aryl methyl sites for hydroxylation is 1. The topological polar surface area (TPSA) is 67.6 Å². The number of hydrogen-bond donors (Lipinski definition) is 0. The van der Waals surface area contributed by atoms with Crippen molar-refractivity contribution in [3.8, 4) is 0 Å². The fourth-order valence-electron chi connectivity index (χ4n) is 2.44. The van der Waals surface area contributed by atoms with Gasteiger partial charge in [-0.25, -0.2) is 8.42 Å². The predicted octanol–water partition coefficient (Wildman–Crippen LogP) is 2.91. The van der Waals surface area contributed by atoms with Gasteiger partial charge in [-0.2, -0.15) is 0 Å². The largest absolute Gasteiger partial charge is 0.472 e. The first-order valence-corrected chi connectivity index (χ1v) is 9.39. The highest BCUT2D eigenvalue weighted by Gasteiger charge is 2.19. The molecule has 0 aliphatic heterocycles. The third kappa shape index (κ3) is 4.01. The number of nitrogens with zero attached hydrogens (tertiary/aromatic N) is 1. The van der Waals surface area contributed by atoms with Crippen LogP contribution in [0.4, 0.5) is 0 Å². The lowest BCUT2D eigenvalue weighted by Crippen LogP contribution is -2.30. The van der Waals surface area contributed by atoms with Gasteiger partial charge >= 0.3 is 0 Å². The lowest BCUT2D eigenvalue weighted by Gasteiger charge is -2.21. The van der Waals surface area contributed by atoms with E-state index in [1.54, 1.807) is 35.6 Å². The van der Waals surface area contributed by atoms with E-state index in [9.17, 15) is 13.2 Å². The predicted molar refractivity (Wildman–Crippen MR) is 88.1 cm³/mol. The maximum absolute atomic E-state index is 12.7. The number of benzene rings is 1. The van der Waals surface area contributed by atoms with Crippen LogP contribution in [0.5, 0.6) is 0 Å². The normalized spacial score (nSPS) is 11.4. The molecule has 0 spiro atoms. The summed E-state index contributed by atoms with van der Waals surface area (Å²) >= 11 is 0. The van der Waals surface area contributed by atoms with Crippen LogP contribution in [0, 0.1) is 0 Å². The van der Waals surface area contributed by atoms with Crippen LogP contribution >= 0.6 is 0 Å². The van der Waals surface area contributed by atoms with Crippen molar-refractivity contribution in [3.63, 3.8) is 0 Å². The quantitative estimate of drug-likeness (QED) is 0.814. The van der Waals surface area contributed by atoms with Crippen molar-refractivity contribution >= 4 is 15.7 Å². The summed E-state index contributed by atoms with van der Waals surface area (Å²) in [4.78, 5) is 14.6. The first-order chi connectivity index (χ1) is 10.9. The fraction of sp³-hybridized carbons (Fsp3) is 0.353. The molecule has 23 heavy (non-hydrogen) atoms. The average Bonchev–Trinajstić information content (AvgIpc) is 3.03. The molecule has 0 fully saturated rings. The Hall–Kier alpha value is -2.08. The molecule has 0 N–H and O–H groups in total. The van der Waals surface area contributed by atoms with E-state index in [4.69, 9.17) is 4.42 Å². The molecule has 0 bridgehead atoms. The average molecular weight is 335 g/mol. The molecule has 0 aliphatic carbocycles. The van der Waals surface area contributed by atoms with E-state index in [1.165, 1.54) is 12.3 Å². The molecule has 2 rings (SSSR count). The van der Waals surface area contributed by atoms with Gasteiger partial charge in [-0.05, 0) is 37.1 Å². The molecular formula is C17H21NO4S. The summed E-state index contributed by atoms with van der Waals surface area (Å²) in [6.07, 6.45) is 4.92. The molecule has 5 nitrogen and oxygen atoms in total. The maximum Gasteiger partial charge on any atom is 0.254 e. The van der Waals surface area contributed by atoms with Gasteiger partial charge in [-0.15, -0.1) is 0 Å². The van der Waals surface area contributed by atoms with E-state index in [0.717, 1.165) is 11.1 Å². The molecule has 0 saturated carbocycles. The molecule has 1 aromatic carbocycles. The lowest BCUT2D eigenvalue weighted by atomic mass is 10.1. The molecule has 1 amide bonds. The smallest absolute Gasteiger partial charge is 0.254 e. The Morgan fingerprint density at radius 1 is 1.22 bits per heavy atom. The Kier molecular flexibility index (Phi) is 5.26. The van der Waals surface area contributed by atoms with Gasteiger partial charge in [0.25, 0.3) is 5.91 Å². The third-order valence-electron chi connectivity index (χ3n) is 3.72. The highest BCUT2D eigenvalue weighted by atomic mass is 32.2. The summed E-state index contributed by atoms with van der Waals surface area (Å²) in [7, 11) is -3.37. The lowest BCUT2D eigenvalue weighted by molar-refractivity contribution is 0.0752. The molecule has 124 valence electrons. The van der Waals surface area contributed by atoms with Gasteiger partial charge in [0.05, 0.1) is 17.4 Å². The molecular weight excluding hydrogens is 314 g/mol. The van der Waals surface area contributed by atoms with Crippen LogP contribution < -0.4 is 0 Å². The first-order valence-electron chi connectivity index (χ1n) is 7.50. The first kappa shape index (κ1) is 17.3. The van der Waals surface area contributed by atoms with Gasteiger partial charge in [0.2, 0.25) is 0 Å². The Bertz CT molecular complexity index is 779. The molecule has 1 heterocycles. The summed E-state index contributed by atoms with van der Waals surface area (Å²) in [6.45, 7) is 4.72. The Morgan fingerprint density at radius 3 is 2.48 bits per heavy atom. The molecule has 6 heteroatoms. The van der Waals surface area contributed by atoms with Crippen molar-refractivity contribution < 1.29 is 17.6 Å². The minimum Gasteiger partial charge on any atom is -0.472 e. The number of furan rings is 1. The van der Waals surface area contributed by atoms with Gasteiger partial charge in [0.15, 0.2) is 9.84 Å². The monoisotopic (exact) mass is 335 g/mol.